The van der Waals surface area contributed by atoms with E-state index in [-0.39, 0.29) is 22.7 Å². The van der Waals surface area contributed by atoms with Crippen LogP contribution >= 0.6 is 11.8 Å². The first-order valence-electron chi connectivity index (χ1n) is 10.1. The van der Waals surface area contributed by atoms with Crippen LogP contribution in [0.15, 0.2) is 54.6 Å². The second kappa shape index (κ2) is 6.96. The van der Waals surface area contributed by atoms with E-state index in [1.54, 1.807) is 11.8 Å². The SMILES string of the molecule is O=C(N[C@@H]1CCCc2ccccc21)[C@@H]1CS[C@]2(c3ccccc3)CCC(=O)N12. The summed E-state index contributed by atoms with van der Waals surface area (Å²) in [4.78, 5) is 27.5. The van der Waals surface area contributed by atoms with Gasteiger partial charge in [0.25, 0.3) is 0 Å². The topological polar surface area (TPSA) is 49.4 Å². The van der Waals surface area contributed by atoms with Crippen molar-refractivity contribution in [2.24, 2.45) is 0 Å². The molecule has 2 heterocycles. The standard InChI is InChI=1S/C23H24N2O2S/c26-21-13-14-23(17-9-2-1-3-10-17)25(21)20(15-28-23)22(27)24-19-12-6-8-16-7-4-5-11-18(16)19/h1-5,7,9-11,19-20H,6,8,12-15H2,(H,24,27)/t19-,20+,23+/m1/s1. The summed E-state index contributed by atoms with van der Waals surface area (Å²) < 4.78 is 0. The summed E-state index contributed by atoms with van der Waals surface area (Å²) in [6.07, 6.45) is 4.40. The van der Waals surface area contributed by atoms with Crippen LogP contribution in [0, 0.1) is 0 Å². The third kappa shape index (κ3) is 2.75. The molecule has 2 fully saturated rings. The molecule has 2 aliphatic heterocycles. The molecule has 4 nitrogen and oxygen atoms in total. The zero-order valence-corrected chi connectivity index (χ0v) is 16.6. The third-order valence-corrected chi connectivity index (χ3v) is 7.94. The maximum atomic E-state index is 13.3. The zero-order chi connectivity index (χ0) is 19.1. The van der Waals surface area contributed by atoms with Crippen LogP contribution in [-0.4, -0.2) is 28.5 Å². The molecule has 0 radical (unpaired) electrons. The summed E-state index contributed by atoms with van der Waals surface area (Å²) in [5, 5.41) is 3.27. The number of carbonyl (C=O) groups is 2. The van der Waals surface area contributed by atoms with E-state index in [9.17, 15) is 9.59 Å². The summed E-state index contributed by atoms with van der Waals surface area (Å²) in [7, 11) is 0. The first-order chi connectivity index (χ1) is 13.7. The average Bonchev–Trinajstić information content (AvgIpc) is 3.28. The smallest absolute Gasteiger partial charge is 0.244 e. The number of hydrogen-bond donors (Lipinski definition) is 1. The van der Waals surface area contributed by atoms with Gasteiger partial charge in [0.15, 0.2) is 0 Å². The van der Waals surface area contributed by atoms with Gasteiger partial charge in [-0.05, 0) is 42.4 Å². The lowest BCUT2D eigenvalue weighted by Gasteiger charge is -2.35. The lowest BCUT2D eigenvalue weighted by Crippen LogP contribution is -2.50. The molecule has 2 aromatic rings. The van der Waals surface area contributed by atoms with E-state index in [1.807, 2.05) is 29.2 Å². The number of rotatable bonds is 3. The average molecular weight is 393 g/mol. The summed E-state index contributed by atoms with van der Waals surface area (Å²) >= 11 is 1.75. The molecule has 0 unspecified atom stereocenters. The van der Waals surface area contributed by atoms with E-state index in [0.29, 0.717) is 12.2 Å². The largest absolute Gasteiger partial charge is 0.347 e. The summed E-state index contributed by atoms with van der Waals surface area (Å²) in [6.45, 7) is 0. The van der Waals surface area contributed by atoms with Gasteiger partial charge in [-0.15, -0.1) is 11.8 Å². The van der Waals surface area contributed by atoms with Gasteiger partial charge in [0.1, 0.15) is 10.9 Å². The van der Waals surface area contributed by atoms with Crippen LogP contribution in [0.5, 0.6) is 0 Å². The van der Waals surface area contributed by atoms with Gasteiger partial charge in [-0.2, -0.15) is 0 Å². The van der Waals surface area contributed by atoms with Crippen LogP contribution in [0.4, 0.5) is 0 Å². The molecule has 0 spiro atoms. The van der Waals surface area contributed by atoms with Crippen molar-refractivity contribution in [2.45, 2.75) is 49.1 Å². The molecule has 3 atom stereocenters. The highest BCUT2D eigenvalue weighted by Gasteiger charge is 2.56. The van der Waals surface area contributed by atoms with Crippen LogP contribution in [0.2, 0.25) is 0 Å². The Balaban J connectivity index is 1.40. The molecule has 0 bridgehead atoms. The Morgan fingerprint density at radius 2 is 1.86 bits per heavy atom. The predicted molar refractivity (Wildman–Crippen MR) is 111 cm³/mol. The Labute approximate surface area is 169 Å². The summed E-state index contributed by atoms with van der Waals surface area (Å²) in [6, 6.07) is 18.2. The molecule has 3 aliphatic rings. The fraction of sp³-hybridized carbons (Fsp3) is 0.391. The molecule has 28 heavy (non-hydrogen) atoms. The Bertz CT molecular complexity index is 916. The van der Waals surface area contributed by atoms with E-state index in [2.05, 4.69) is 35.6 Å². The van der Waals surface area contributed by atoms with Crippen LogP contribution in [0.3, 0.4) is 0 Å². The molecule has 0 saturated carbocycles. The Morgan fingerprint density at radius 3 is 2.71 bits per heavy atom. The summed E-state index contributed by atoms with van der Waals surface area (Å²) in [5.74, 6) is 0.737. The molecule has 2 amide bonds. The van der Waals surface area contributed by atoms with Gasteiger partial charge in [0.05, 0.1) is 6.04 Å². The van der Waals surface area contributed by atoms with Gasteiger partial charge in [0, 0.05) is 12.2 Å². The van der Waals surface area contributed by atoms with Gasteiger partial charge in [0.2, 0.25) is 11.8 Å². The number of nitrogens with zero attached hydrogens (tertiary/aromatic N) is 1. The molecule has 2 saturated heterocycles. The maximum Gasteiger partial charge on any atom is 0.244 e. The van der Waals surface area contributed by atoms with Crippen molar-refractivity contribution in [3.8, 4) is 0 Å². The Morgan fingerprint density at radius 1 is 1.07 bits per heavy atom. The van der Waals surface area contributed by atoms with E-state index in [1.165, 1.54) is 11.1 Å². The van der Waals surface area contributed by atoms with E-state index in [0.717, 1.165) is 31.2 Å². The number of carbonyl (C=O) groups excluding carboxylic acids is 2. The highest BCUT2D eigenvalue weighted by Crippen LogP contribution is 2.54. The van der Waals surface area contributed by atoms with Gasteiger partial charge >= 0.3 is 0 Å². The monoisotopic (exact) mass is 392 g/mol. The molecule has 0 aromatic heterocycles. The van der Waals surface area contributed by atoms with Gasteiger partial charge < -0.3 is 10.2 Å². The van der Waals surface area contributed by atoms with Crippen molar-refractivity contribution in [3.63, 3.8) is 0 Å². The van der Waals surface area contributed by atoms with Crippen molar-refractivity contribution >= 4 is 23.6 Å². The minimum absolute atomic E-state index is 0.0118. The van der Waals surface area contributed by atoms with Crippen molar-refractivity contribution in [1.29, 1.82) is 0 Å². The normalized spacial score (nSPS) is 28.7. The highest BCUT2D eigenvalue weighted by molar-refractivity contribution is 8.00. The van der Waals surface area contributed by atoms with Crippen LogP contribution in [0.1, 0.15) is 48.4 Å². The number of thioether (sulfide) groups is 1. The molecule has 144 valence electrons. The fourth-order valence-electron chi connectivity index (χ4n) is 5.01. The molecule has 1 aliphatic carbocycles. The van der Waals surface area contributed by atoms with E-state index < -0.39 is 6.04 Å². The Kier molecular flexibility index (Phi) is 4.43. The first kappa shape index (κ1) is 17.8. The number of benzene rings is 2. The van der Waals surface area contributed by atoms with Gasteiger partial charge in [-0.3, -0.25) is 9.59 Å². The lowest BCUT2D eigenvalue weighted by atomic mass is 9.87. The van der Waals surface area contributed by atoms with Crippen molar-refractivity contribution in [3.05, 3.63) is 71.3 Å². The molecular weight excluding hydrogens is 368 g/mol. The van der Waals surface area contributed by atoms with Crippen LogP contribution in [0.25, 0.3) is 0 Å². The maximum absolute atomic E-state index is 13.3. The zero-order valence-electron chi connectivity index (χ0n) is 15.8. The molecule has 5 rings (SSSR count). The van der Waals surface area contributed by atoms with Gasteiger partial charge in [-0.25, -0.2) is 0 Å². The summed E-state index contributed by atoms with van der Waals surface area (Å²) in [5.41, 5.74) is 3.69. The van der Waals surface area contributed by atoms with E-state index >= 15 is 0 Å². The second-order valence-corrected chi connectivity index (χ2v) is 9.19. The number of nitrogens with one attached hydrogen (secondary N) is 1. The number of hydrogen-bond acceptors (Lipinski definition) is 3. The van der Waals surface area contributed by atoms with Crippen LogP contribution in [-0.2, 0) is 20.9 Å². The lowest BCUT2D eigenvalue weighted by molar-refractivity contribution is -0.138. The second-order valence-electron chi connectivity index (χ2n) is 7.89. The minimum atomic E-state index is -0.394. The third-order valence-electron chi connectivity index (χ3n) is 6.34. The molecule has 1 N–H and O–H groups in total. The first-order valence-corrected chi connectivity index (χ1v) is 11.1. The quantitative estimate of drug-likeness (QED) is 0.865. The Hall–Kier alpha value is -2.27. The van der Waals surface area contributed by atoms with Gasteiger partial charge in [-0.1, -0.05) is 54.6 Å². The van der Waals surface area contributed by atoms with Crippen molar-refractivity contribution in [2.75, 3.05) is 5.75 Å². The molecular formula is C23H24N2O2S. The highest BCUT2D eigenvalue weighted by atomic mass is 32.2. The number of aryl methyl sites for hydroxylation is 1. The minimum Gasteiger partial charge on any atom is -0.347 e. The fourth-order valence-corrected chi connectivity index (χ4v) is 6.66. The molecule has 5 heteroatoms. The molecule has 2 aromatic carbocycles. The van der Waals surface area contributed by atoms with Crippen molar-refractivity contribution in [1.82, 2.24) is 10.2 Å². The number of fused-ring (bicyclic) bond motifs is 2. The predicted octanol–water partition coefficient (Wildman–Crippen LogP) is 3.77. The van der Waals surface area contributed by atoms with E-state index in [4.69, 9.17) is 0 Å². The van der Waals surface area contributed by atoms with Crippen LogP contribution < -0.4 is 5.32 Å². The van der Waals surface area contributed by atoms with Crippen molar-refractivity contribution < 1.29 is 9.59 Å². The number of amides is 2.